The van der Waals surface area contributed by atoms with Crippen molar-refractivity contribution in [2.45, 2.75) is 39.7 Å². The number of aromatic nitrogens is 1. The highest BCUT2D eigenvalue weighted by atomic mass is 16.1. The number of benzene rings is 1. The number of carbonyl (C=O) groups excluding carboxylic acids is 1. The fourth-order valence-corrected chi connectivity index (χ4v) is 2.31. The maximum absolute atomic E-state index is 11.9. The fraction of sp³-hybridized carbons (Fsp3) is 0.368. The number of hydrogen-bond acceptors (Lipinski definition) is 3. The van der Waals surface area contributed by atoms with Crippen LogP contribution in [0.15, 0.2) is 42.6 Å². The predicted octanol–water partition coefficient (Wildman–Crippen LogP) is 3.92. The van der Waals surface area contributed by atoms with Gasteiger partial charge in [0.15, 0.2) is 0 Å². The van der Waals surface area contributed by atoms with Crippen molar-refractivity contribution in [3.63, 3.8) is 0 Å². The summed E-state index contributed by atoms with van der Waals surface area (Å²) in [4.78, 5) is 16.2. The summed E-state index contributed by atoms with van der Waals surface area (Å²) in [6.07, 6.45) is 5.00. The van der Waals surface area contributed by atoms with E-state index in [2.05, 4.69) is 41.6 Å². The van der Waals surface area contributed by atoms with E-state index in [-0.39, 0.29) is 5.91 Å². The molecule has 4 nitrogen and oxygen atoms in total. The number of hydrogen-bond donors (Lipinski definition) is 2. The molecule has 0 saturated carbocycles. The molecule has 0 atom stereocenters. The molecular formula is C19H25N3O. The van der Waals surface area contributed by atoms with Gasteiger partial charge in [-0.3, -0.25) is 4.79 Å². The molecule has 0 saturated heterocycles. The molecule has 0 bridgehead atoms. The van der Waals surface area contributed by atoms with Crippen LogP contribution in [0.2, 0.25) is 0 Å². The molecule has 0 aliphatic rings. The van der Waals surface area contributed by atoms with Crippen LogP contribution < -0.4 is 10.6 Å². The molecule has 1 heterocycles. The molecular weight excluding hydrogens is 286 g/mol. The van der Waals surface area contributed by atoms with E-state index in [0.29, 0.717) is 12.2 Å². The van der Waals surface area contributed by atoms with Gasteiger partial charge < -0.3 is 10.6 Å². The maximum atomic E-state index is 11.9. The van der Waals surface area contributed by atoms with Gasteiger partial charge in [-0.2, -0.15) is 0 Å². The monoisotopic (exact) mass is 311 g/mol. The van der Waals surface area contributed by atoms with Crippen molar-refractivity contribution in [2.75, 3.05) is 11.9 Å². The van der Waals surface area contributed by atoms with Gasteiger partial charge in [-0.25, -0.2) is 4.98 Å². The Kier molecular flexibility index (Phi) is 6.60. The van der Waals surface area contributed by atoms with Crippen molar-refractivity contribution in [3.05, 3.63) is 59.4 Å². The molecule has 0 unspecified atom stereocenters. The van der Waals surface area contributed by atoms with E-state index in [4.69, 9.17) is 0 Å². The molecule has 1 aromatic carbocycles. The predicted molar refractivity (Wildman–Crippen MR) is 94.6 cm³/mol. The van der Waals surface area contributed by atoms with Crippen LogP contribution in [0.3, 0.4) is 0 Å². The summed E-state index contributed by atoms with van der Waals surface area (Å²) in [5.41, 5.74) is 3.89. The quantitative estimate of drug-likeness (QED) is 0.726. The lowest BCUT2D eigenvalue weighted by atomic mass is 10.1. The van der Waals surface area contributed by atoms with Gasteiger partial charge in [-0.15, -0.1) is 0 Å². The molecule has 4 heteroatoms. The average molecular weight is 311 g/mol. The van der Waals surface area contributed by atoms with E-state index in [1.54, 1.807) is 12.3 Å². The minimum Gasteiger partial charge on any atom is -0.380 e. The van der Waals surface area contributed by atoms with Crippen LogP contribution in [-0.4, -0.2) is 17.4 Å². The van der Waals surface area contributed by atoms with Crippen LogP contribution in [0.1, 0.15) is 47.8 Å². The molecule has 0 aliphatic carbocycles. The maximum Gasteiger partial charge on any atom is 0.269 e. The highest BCUT2D eigenvalue weighted by Crippen LogP contribution is 2.11. The molecule has 1 aromatic heterocycles. The van der Waals surface area contributed by atoms with Gasteiger partial charge >= 0.3 is 0 Å². The Hall–Kier alpha value is -2.36. The summed E-state index contributed by atoms with van der Waals surface area (Å²) in [7, 11) is 0. The van der Waals surface area contributed by atoms with Gasteiger partial charge in [-0.05, 0) is 36.6 Å². The summed E-state index contributed by atoms with van der Waals surface area (Å²) in [6, 6.07) is 11.9. The normalized spacial score (nSPS) is 10.3. The van der Waals surface area contributed by atoms with Crippen molar-refractivity contribution < 1.29 is 4.79 Å². The van der Waals surface area contributed by atoms with E-state index in [1.807, 2.05) is 18.2 Å². The zero-order valence-electron chi connectivity index (χ0n) is 13.9. The first-order valence-electron chi connectivity index (χ1n) is 8.23. The van der Waals surface area contributed by atoms with Crippen LogP contribution in [0.4, 0.5) is 5.69 Å². The highest BCUT2D eigenvalue weighted by Gasteiger charge is 2.06. The lowest BCUT2D eigenvalue weighted by Gasteiger charge is -2.09. The molecule has 0 radical (unpaired) electrons. The summed E-state index contributed by atoms with van der Waals surface area (Å²) < 4.78 is 0. The van der Waals surface area contributed by atoms with E-state index >= 15 is 0 Å². The Morgan fingerprint density at radius 1 is 1.13 bits per heavy atom. The lowest BCUT2D eigenvalue weighted by Crippen LogP contribution is -2.25. The number of pyridine rings is 1. The van der Waals surface area contributed by atoms with Crippen LogP contribution in [-0.2, 0) is 6.54 Å². The SMILES string of the molecule is CCCCCNC(=O)c1ccc(NCc2ccccc2C)cn1. The largest absolute Gasteiger partial charge is 0.380 e. The second-order valence-electron chi connectivity index (χ2n) is 5.68. The van der Waals surface area contributed by atoms with Gasteiger partial charge in [0, 0.05) is 13.1 Å². The minimum absolute atomic E-state index is 0.105. The summed E-state index contributed by atoms with van der Waals surface area (Å²) >= 11 is 0. The molecule has 2 N–H and O–H groups in total. The van der Waals surface area contributed by atoms with Gasteiger partial charge in [-0.1, -0.05) is 44.0 Å². The van der Waals surface area contributed by atoms with Crippen LogP contribution in [0.5, 0.6) is 0 Å². The van der Waals surface area contributed by atoms with Crippen LogP contribution in [0, 0.1) is 6.92 Å². The zero-order valence-corrected chi connectivity index (χ0v) is 13.9. The highest BCUT2D eigenvalue weighted by molar-refractivity contribution is 5.92. The lowest BCUT2D eigenvalue weighted by molar-refractivity contribution is 0.0948. The van der Waals surface area contributed by atoms with Crippen molar-refractivity contribution in [1.82, 2.24) is 10.3 Å². The summed E-state index contributed by atoms with van der Waals surface area (Å²) in [5, 5.41) is 6.23. The topological polar surface area (TPSA) is 54.0 Å². The zero-order chi connectivity index (χ0) is 16.5. The number of nitrogens with zero attached hydrogens (tertiary/aromatic N) is 1. The minimum atomic E-state index is -0.105. The molecule has 1 amide bonds. The molecule has 23 heavy (non-hydrogen) atoms. The second kappa shape index (κ2) is 8.93. The third-order valence-electron chi connectivity index (χ3n) is 3.81. The fourth-order valence-electron chi connectivity index (χ4n) is 2.31. The van der Waals surface area contributed by atoms with Gasteiger partial charge in [0.25, 0.3) is 5.91 Å². The number of aryl methyl sites for hydroxylation is 1. The van der Waals surface area contributed by atoms with Crippen molar-refractivity contribution in [3.8, 4) is 0 Å². The smallest absolute Gasteiger partial charge is 0.269 e. The van der Waals surface area contributed by atoms with Crippen molar-refractivity contribution in [2.24, 2.45) is 0 Å². The summed E-state index contributed by atoms with van der Waals surface area (Å²) in [5.74, 6) is -0.105. The van der Waals surface area contributed by atoms with Crippen LogP contribution in [0.25, 0.3) is 0 Å². The number of nitrogens with one attached hydrogen (secondary N) is 2. The van der Waals surface area contributed by atoms with Gasteiger partial charge in [0.05, 0.1) is 11.9 Å². The first kappa shape index (κ1) is 17.0. The molecule has 0 aliphatic heterocycles. The third kappa shape index (κ3) is 5.40. The van der Waals surface area contributed by atoms with Crippen LogP contribution >= 0.6 is 0 Å². The average Bonchev–Trinajstić information content (AvgIpc) is 2.58. The Bertz CT molecular complexity index is 623. The van der Waals surface area contributed by atoms with Crippen molar-refractivity contribution in [1.29, 1.82) is 0 Å². The first-order chi connectivity index (χ1) is 11.2. The van der Waals surface area contributed by atoms with E-state index < -0.39 is 0 Å². The summed E-state index contributed by atoms with van der Waals surface area (Å²) in [6.45, 7) is 5.70. The van der Waals surface area contributed by atoms with E-state index in [9.17, 15) is 4.79 Å². The molecule has 2 rings (SSSR count). The van der Waals surface area contributed by atoms with Gasteiger partial charge in [0.1, 0.15) is 5.69 Å². The Labute approximate surface area is 138 Å². The van der Waals surface area contributed by atoms with E-state index in [0.717, 1.165) is 31.5 Å². The number of carbonyl (C=O) groups is 1. The van der Waals surface area contributed by atoms with Gasteiger partial charge in [0.2, 0.25) is 0 Å². The standard InChI is InChI=1S/C19H25N3O/c1-3-4-7-12-20-19(23)18-11-10-17(14-22-18)21-13-16-9-6-5-8-15(16)2/h5-6,8-11,14,21H,3-4,7,12-13H2,1-2H3,(H,20,23). The Balaban J connectivity index is 1.84. The number of rotatable bonds is 8. The number of anilines is 1. The third-order valence-corrected chi connectivity index (χ3v) is 3.81. The molecule has 0 spiro atoms. The number of amides is 1. The Morgan fingerprint density at radius 2 is 1.96 bits per heavy atom. The molecule has 0 fully saturated rings. The Morgan fingerprint density at radius 3 is 2.65 bits per heavy atom. The number of unbranched alkanes of at least 4 members (excludes halogenated alkanes) is 2. The van der Waals surface area contributed by atoms with Crippen molar-refractivity contribution >= 4 is 11.6 Å². The molecule has 122 valence electrons. The second-order valence-corrected chi connectivity index (χ2v) is 5.68. The first-order valence-corrected chi connectivity index (χ1v) is 8.23. The molecule has 2 aromatic rings. The van der Waals surface area contributed by atoms with E-state index in [1.165, 1.54) is 11.1 Å².